The van der Waals surface area contributed by atoms with Crippen LogP contribution in [0.2, 0.25) is 0 Å². The molecule has 0 saturated carbocycles. The number of hydrazine groups is 1. The third-order valence-corrected chi connectivity index (χ3v) is 5.59. The van der Waals surface area contributed by atoms with Crippen molar-refractivity contribution in [2.75, 3.05) is 13.7 Å². The standard InChI is InChI=1S/C18H16Br2IN3O4S/c1-9-5-11(19)7-12(20)16(9)28-8-15(25)22-18(29)24-23-17(26)10-3-4-14(27-2)13(21)6-10/h3-7H,8H2,1-2H3,(H,23,26)(H2,22,24,25,29). The van der Waals surface area contributed by atoms with Crippen LogP contribution in [0.1, 0.15) is 15.9 Å². The van der Waals surface area contributed by atoms with Gasteiger partial charge in [-0.15, -0.1) is 0 Å². The molecule has 3 N–H and O–H groups in total. The summed E-state index contributed by atoms with van der Waals surface area (Å²) in [7, 11) is 1.56. The van der Waals surface area contributed by atoms with Gasteiger partial charge in [-0.1, -0.05) is 15.9 Å². The van der Waals surface area contributed by atoms with E-state index < -0.39 is 11.8 Å². The zero-order valence-electron chi connectivity index (χ0n) is 15.3. The molecule has 0 saturated heterocycles. The number of carbonyl (C=O) groups is 2. The van der Waals surface area contributed by atoms with E-state index in [2.05, 4.69) is 70.6 Å². The quantitative estimate of drug-likeness (QED) is 0.258. The summed E-state index contributed by atoms with van der Waals surface area (Å²) < 4.78 is 13.1. The fourth-order valence-corrected chi connectivity index (χ4v) is 4.65. The highest BCUT2D eigenvalue weighted by Gasteiger charge is 2.12. The van der Waals surface area contributed by atoms with Crippen LogP contribution in [-0.4, -0.2) is 30.6 Å². The molecule has 11 heteroatoms. The highest BCUT2D eigenvalue weighted by atomic mass is 127. The van der Waals surface area contributed by atoms with Gasteiger partial charge in [0, 0.05) is 10.0 Å². The summed E-state index contributed by atoms with van der Waals surface area (Å²) in [6.07, 6.45) is 0. The number of methoxy groups -OCH3 is 1. The van der Waals surface area contributed by atoms with E-state index in [9.17, 15) is 9.59 Å². The van der Waals surface area contributed by atoms with Crippen LogP contribution in [-0.2, 0) is 4.79 Å². The van der Waals surface area contributed by atoms with Crippen molar-refractivity contribution in [2.45, 2.75) is 6.92 Å². The van der Waals surface area contributed by atoms with Crippen molar-refractivity contribution in [3.63, 3.8) is 0 Å². The van der Waals surface area contributed by atoms with Crippen molar-refractivity contribution in [3.05, 3.63) is 54.0 Å². The highest BCUT2D eigenvalue weighted by Crippen LogP contribution is 2.32. The maximum absolute atomic E-state index is 12.2. The van der Waals surface area contributed by atoms with Crippen molar-refractivity contribution in [2.24, 2.45) is 0 Å². The Hall–Kier alpha value is -1.44. The van der Waals surface area contributed by atoms with Crippen LogP contribution in [0.15, 0.2) is 39.3 Å². The van der Waals surface area contributed by atoms with Gasteiger partial charge in [-0.2, -0.15) is 0 Å². The Morgan fingerprint density at radius 1 is 1.17 bits per heavy atom. The van der Waals surface area contributed by atoms with Gasteiger partial charge in [0.2, 0.25) is 0 Å². The van der Waals surface area contributed by atoms with Crippen LogP contribution in [0, 0.1) is 10.5 Å². The van der Waals surface area contributed by atoms with Crippen molar-refractivity contribution < 1.29 is 19.1 Å². The predicted octanol–water partition coefficient (Wildman–Crippen LogP) is 3.85. The minimum absolute atomic E-state index is 0.0539. The summed E-state index contributed by atoms with van der Waals surface area (Å²) in [5.74, 6) is 0.355. The van der Waals surface area contributed by atoms with Gasteiger partial charge >= 0.3 is 0 Å². The minimum Gasteiger partial charge on any atom is -0.496 e. The third kappa shape index (κ3) is 7.08. The van der Waals surface area contributed by atoms with Gasteiger partial charge in [0.15, 0.2) is 11.7 Å². The molecule has 2 aromatic carbocycles. The number of hydrogen-bond acceptors (Lipinski definition) is 5. The molecular weight excluding hydrogens is 641 g/mol. The lowest BCUT2D eigenvalue weighted by molar-refractivity contribution is -0.121. The molecule has 0 bridgehead atoms. The molecule has 0 atom stereocenters. The van der Waals surface area contributed by atoms with Crippen LogP contribution in [0.25, 0.3) is 0 Å². The Balaban J connectivity index is 1.82. The Labute approximate surface area is 203 Å². The molecule has 0 spiro atoms. The zero-order valence-corrected chi connectivity index (χ0v) is 21.4. The van der Waals surface area contributed by atoms with Crippen LogP contribution in [0.4, 0.5) is 0 Å². The maximum atomic E-state index is 12.2. The second kappa shape index (κ2) is 11.1. The first-order valence-electron chi connectivity index (χ1n) is 8.03. The first kappa shape index (κ1) is 23.8. The third-order valence-electron chi connectivity index (χ3n) is 3.50. The van der Waals surface area contributed by atoms with E-state index in [0.29, 0.717) is 17.1 Å². The fraction of sp³-hybridized carbons (Fsp3) is 0.167. The largest absolute Gasteiger partial charge is 0.496 e. The van der Waals surface area contributed by atoms with Crippen molar-refractivity contribution >= 4 is 83.6 Å². The molecule has 0 aliphatic heterocycles. The van der Waals surface area contributed by atoms with Gasteiger partial charge in [-0.25, -0.2) is 0 Å². The van der Waals surface area contributed by atoms with Crippen LogP contribution >= 0.6 is 66.7 Å². The van der Waals surface area contributed by atoms with Crippen molar-refractivity contribution in [1.82, 2.24) is 16.2 Å². The molecule has 0 fully saturated rings. The molecule has 29 heavy (non-hydrogen) atoms. The highest BCUT2D eigenvalue weighted by molar-refractivity contribution is 14.1. The number of amides is 2. The van der Waals surface area contributed by atoms with Gasteiger partial charge in [0.05, 0.1) is 15.2 Å². The van der Waals surface area contributed by atoms with E-state index in [4.69, 9.17) is 21.7 Å². The molecule has 2 rings (SSSR count). The second-order valence-electron chi connectivity index (χ2n) is 5.63. The lowest BCUT2D eigenvalue weighted by Crippen LogP contribution is -2.49. The number of halogens is 3. The summed E-state index contributed by atoms with van der Waals surface area (Å²) in [6.45, 7) is 1.62. The number of hydrogen-bond donors (Lipinski definition) is 3. The molecule has 0 aromatic heterocycles. The molecule has 2 amide bonds. The van der Waals surface area contributed by atoms with E-state index in [0.717, 1.165) is 18.1 Å². The van der Waals surface area contributed by atoms with E-state index >= 15 is 0 Å². The summed E-state index contributed by atoms with van der Waals surface area (Å²) in [5, 5.41) is 2.38. The summed E-state index contributed by atoms with van der Waals surface area (Å²) >= 11 is 13.9. The SMILES string of the molecule is COc1ccc(C(=O)NNC(=S)NC(=O)COc2c(C)cc(Br)cc2Br)cc1I. The number of ether oxygens (including phenoxy) is 2. The number of benzene rings is 2. The maximum Gasteiger partial charge on any atom is 0.269 e. The number of nitrogens with one attached hydrogen (secondary N) is 3. The predicted molar refractivity (Wildman–Crippen MR) is 129 cm³/mol. The van der Waals surface area contributed by atoms with E-state index in [1.807, 2.05) is 19.1 Å². The fourth-order valence-electron chi connectivity index (χ4n) is 2.20. The molecule has 0 radical (unpaired) electrons. The van der Waals surface area contributed by atoms with Crippen LogP contribution in [0.3, 0.4) is 0 Å². The van der Waals surface area contributed by atoms with Crippen molar-refractivity contribution in [3.8, 4) is 11.5 Å². The molecule has 2 aromatic rings. The molecule has 154 valence electrons. The summed E-state index contributed by atoms with van der Waals surface area (Å²) in [4.78, 5) is 24.2. The Bertz CT molecular complexity index is 936. The number of aryl methyl sites for hydroxylation is 1. The average Bonchev–Trinajstić information content (AvgIpc) is 2.65. The van der Waals surface area contributed by atoms with E-state index in [1.165, 1.54) is 0 Å². The van der Waals surface area contributed by atoms with Gasteiger partial charge in [-0.3, -0.25) is 25.8 Å². The van der Waals surface area contributed by atoms with Crippen LogP contribution < -0.4 is 25.6 Å². The van der Waals surface area contributed by atoms with Gasteiger partial charge in [-0.05, 0) is 93.6 Å². The van der Waals surface area contributed by atoms with E-state index in [1.54, 1.807) is 25.3 Å². The van der Waals surface area contributed by atoms with Gasteiger partial charge < -0.3 is 9.47 Å². The zero-order chi connectivity index (χ0) is 21.6. The summed E-state index contributed by atoms with van der Waals surface area (Å²) in [6, 6.07) is 8.68. The monoisotopic (exact) mass is 655 g/mol. The molecule has 0 aliphatic carbocycles. The first-order chi connectivity index (χ1) is 13.7. The lowest BCUT2D eigenvalue weighted by atomic mass is 10.2. The van der Waals surface area contributed by atoms with E-state index in [-0.39, 0.29) is 11.7 Å². The lowest BCUT2D eigenvalue weighted by Gasteiger charge is -2.13. The topological polar surface area (TPSA) is 88.7 Å². The Morgan fingerprint density at radius 2 is 1.90 bits per heavy atom. The van der Waals surface area contributed by atoms with Gasteiger partial charge in [0.1, 0.15) is 11.5 Å². The van der Waals surface area contributed by atoms with Crippen molar-refractivity contribution in [1.29, 1.82) is 0 Å². The number of thiocarbonyl (C=S) groups is 1. The minimum atomic E-state index is -0.468. The first-order valence-corrected chi connectivity index (χ1v) is 11.1. The molecular formula is C18H16Br2IN3O4S. The number of carbonyl (C=O) groups excluding carboxylic acids is 2. The Kier molecular flexibility index (Phi) is 9.11. The number of rotatable bonds is 5. The molecule has 0 heterocycles. The molecule has 0 unspecified atom stereocenters. The molecule has 0 aliphatic rings. The normalized spacial score (nSPS) is 10.1. The van der Waals surface area contributed by atoms with Gasteiger partial charge in [0.25, 0.3) is 11.8 Å². The average molecular weight is 657 g/mol. The second-order valence-corrected chi connectivity index (χ2v) is 8.97. The molecule has 7 nitrogen and oxygen atoms in total. The smallest absolute Gasteiger partial charge is 0.269 e. The summed E-state index contributed by atoms with van der Waals surface area (Å²) in [5.41, 5.74) is 6.18. The Morgan fingerprint density at radius 3 is 2.52 bits per heavy atom. The van der Waals surface area contributed by atoms with Crippen LogP contribution in [0.5, 0.6) is 11.5 Å².